The SMILES string of the molecule is COc1c(F)cc(OB(Oc2cc(F)c(OC)c(F)c2)Oc2cc(F)c(OC)c(F)c2)cc1F. The third-order valence-corrected chi connectivity index (χ3v) is 4.22. The number of rotatable bonds is 9. The first-order chi connectivity index (χ1) is 16.2. The molecule has 0 saturated carbocycles. The van der Waals surface area contributed by atoms with Crippen LogP contribution in [0, 0.1) is 34.9 Å². The van der Waals surface area contributed by atoms with Gasteiger partial charge in [0.1, 0.15) is 17.2 Å². The summed E-state index contributed by atoms with van der Waals surface area (Å²) in [6.07, 6.45) is 0. The predicted molar refractivity (Wildman–Crippen MR) is 106 cm³/mol. The Bertz CT molecular complexity index is 979. The Morgan fingerprint density at radius 2 is 0.647 bits per heavy atom. The van der Waals surface area contributed by atoms with E-state index in [-0.39, 0.29) is 0 Å². The highest BCUT2D eigenvalue weighted by atomic mass is 19.2. The van der Waals surface area contributed by atoms with Crippen molar-refractivity contribution in [1.29, 1.82) is 0 Å². The van der Waals surface area contributed by atoms with Crippen molar-refractivity contribution in [1.82, 2.24) is 0 Å². The van der Waals surface area contributed by atoms with Gasteiger partial charge in [-0.2, -0.15) is 0 Å². The van der Waals surface area contributed by atoms with Gasteiger partial charge in [-0.1, -0.05) is 0 Å². The van der Waals surface area contributed by atoms with Gasteiger partial charge in [0.05, 0.1) is 21.3 Å². The molecular weight excluding hydrogens is 473 g/mol. The van der Waals surface area contributed by atoms with Crippen molar-refractivity contribution in [3.8, 4) is 34.5 Å². The maximum absolute atomic E-state index is 14.0. The third-order valence-electron chi connectivity index (χ3n) is 4.22. The van der Waals surface area contributed by atoms with E-state index in [0.717, 1.165) is 21.3 Å². The number of ether oxygens (including phenoxy) is 3. The number of methoxy groups -OCH3 is 3. The molecule has 6 nitrogen and oxygen atoms in total. The van der Waals surface area contributed by atoms with E-state index in [1.165, 1.54) is 0 Å². The average molecular weight is 488 g/mol. The first kappa shape index (κ1) is 24.7. The number of benzene rings is 3. The standard InChI is InChI=1S/C21H15BF6O6/c1-29-19-13(23)4-10(5-14(19)24)32-22(33-11-6-15(25)20(30-2)16(26)7-11)34-12-8-17(27)21(31-3)18(28)9-12/h4-9H,1-3H3. The highest BCUT2D eigenvalue weighted by molar-refractivity contribution is 6.39. The van der Waals surface area contributed by atoms with Gasteiger partial charge in [0.2, 0.25) is 0 Å². The number of hydrogen-bond acceptors (Lipinski definition) is 6. The molecule has 0 fully saturated rings. The number of halogens is 6. The minimum Gasteiger partial charge on any atom is -0.491 e. The van der Waals surface area contributed by atoms with E-state index < -0.39 is 76.7 Å². The Balaban J connectivity index is 1.96. The molecule has 0 saturated heterocycles. The molecular formula is C21H15BF6O6. The summed E-state index contributed by atoms with van der Waals surface area (Å²) in [6, 6.07) is 4.20. The second-order valence-electron chi connectivity index (χ2n) is 6.40. The van der Waals surface area contributed by atoms with Crippen LogP contribution in [0.25, 0.3) is 0 Å². The number of hydrogen-bond donors (Lipinski definition) is 0. The summed E-state index contributed by atoms with van der Waals surface area (Å²) in [5.41, 5.74) is 0. The van der Waals surface area contributed by atoms with E-state index in [1.54, 1.807) is 0 Å². The molecule has 0 N–H and O–H groups in total. The van der Waals surface area contributed by atoms with Crippen LogP contribution in [0.3, 0.4) is 0 Å². The maximum Gasteiger partial charge on any atom is 0.864 e. The van der Waals surface area contributed by atoms with Crippen molar-refractivity contribution in [2.45, 2.75) is 0 Å². The minimum atomic E-state index is -2.04. The topological polar surface area (TPSA) is 55.4 Å². The van der Waals surface area contributed by atoms with Crippen LogP contribution in [0.2, 0.25) is 0 Å². The molecule has 0 aliphatic heterocycles. The summed E-state index contributed by atoms with van der Waals surface area (Å²) >= 11 is 0. The Kier molecular flexibility index (Phi) is 7.54. The molecule has 3 rings (SSSR count). The van der Waals surface area contributed by atoms with E-state index in [2.05, 4.69) is 14.2 Å². The van der Waals surface area contributed by atoms with Crippen LogP contribution in [-0.2, 0) is 0 Å². The molecule has 0 heterocycles. The van der Waals surface area contributed by atoms with Crippen molar-refractivity contribution in [2.24, 2.45) is 0 Å². The summed E-state index contributed by atoms with van der Waals surface area (Å²) in [5.74, 6) is -10.6. The minimum absolute atomic E-state index is 0.510. The smallest absolute Gasteiger partial charge is 0.491 e. The lowest BCUT2D eigenvalue weighted by Gasteiger charge is -2.18. The first-order valence-corrected chi connectivity index (χ1v) is 9.25. The van der Waals surface area contributed by atoms with E-state index >= 15 is 0 Å². The van der Waals surface area contributed by atoms with Gasteiger partial charge in [-0.3, -0.25) is 0 Å². The molecule has 0 unspecified atom stereocenters. The quantitative estimate of drug-likeness (QED) is 0.310. The lowest BCUT2D eigenvalue weighted by atomic mass is 10.1. The van der Waals surface area contributed by atoms with Crippen LogP contribution < -0.4 is 28.2 Å². The van der Waals surface area contributed by atoms with Gasteiger partial charge in [0.15, 0.2) is 52.2 Å². The summed E-state index contributed by atoms with van der Waals surface area (Å²) in [5, 5.41) is 0. The molecule has 0 radical (unpaired) electrons. The van der Waals surface area contributed by atoms with Crippen molar-refractivity contribution in [3.63, 3.8) is 0 Å². The molecule has 34 heavy (non-hydrogen) atoms. The van der Waals surface area contributed by atoms with Gasteiger partial charge in [0, 0.05) is 36.4 Å². The molecule has 0 bridgehead atoms. The third kappa shape index (κ3) is 5.35. The zero-order valence-corrected chi connectivity index (χ0v) is 17.8. The van der Waals surface area contributed by atoms with Gasteiger partial charge in [0.25, 0.3) is 0 Å². The Labute approximate surface area is 189 Å². The molecule has 180 valence electrons. The Hall–Kier alpha value is -3.90. The summed E-state index contributed by atoms with van der Waals surface area (Å²) in [4.78, 5) is 0. The van der Waals surface area contributed by atoms with Crippen molar-refractivity contribution < 1.29 is 54.5 Å². The zero-order chi connectivity index (χ0) is 25.0. The molecule has 3 aromatic rings. The molecule has 13 heteroatoms. The second kappa shape index (κ2) is 10.4. The largest absolute Gasteiger partial charge is 0.864 e. The lowest BCUT2D eigenvalue weighted by Crippen LogP contribution is -2.37. The van der Waals surface area contributed by atoms with Crippen molar-refractivity contribution >= 4 is 7.32 Å². The fourth-order valence-corrected chi connectivity index (χ4v) is 2.80. The zero-order valence-electron chi connectivity index (χ0n) is 17.8. The molecule has 3 aromatic carbocycles. The van der Waals surface area contributed by atoms with Crippen molar-refractivity contribution in [3.05, 3.63) is 71.3 Å². The van der Waals surface area contributed by atoms with Crippen molar-refractivity contribution in [2.75, 3.05) is 21.3 Å². The molecule has 0 spiro atoms. The summed E-state index contributed by atoms with van der Waals surface area (Å²) < 4.78 is 114. The van der Waals surface area contributed by atoms with Gasteiger partial charge in [-0.05, 0) is 0 Å². The normalized spacial score (nSPS) is 10.5. The van der Waals surface area contributed by atoms with Crippen LogP contribution in [0.5, 0.6) is 34.5 Å². The van der Waals surface area contributed by atoms with Gasteiger partial charge < -0.3 is 28.2 Å². The Morgan fingerprint density at radius 1 is 0.441 bits per heavy atom. The summed E-state index contributed by atoms with van der Waals surface area (Å²) in [7, 11) is 1.08. The van der Waals surface area contributed by atoms with Gasteiger partial charge >= 0.3 is 7.32 Å². The molecule has 0 amide bonds. The van der Waals surface area contributed by atoms with E-state index in [4.69, 9.17) is 14.0 Å². The van der Waals surface area contributed by atoms with Crippen LogP contribution in [-0.4, -0.2) is 28.7 Å². The molecule has 0 atom stereocenters. The van der Waals surface area contributed by atoms with Crippen LogP contribution in [0.15, 0.2) is 36.4 Å². The molecule has 0 aliphatic carbocycles. The predicted octanol–water partition coefficient (Wildman–Crippen LogP) is 5.07. The molecule has 0 aliphatic rings. The van der Waals surface area contributed by atoms with E-state index in [1.807, 2.05) is 0 Å². The molecule has 0 aromatic heterocycles. The average Bonchev–Trinajstić information content (AvgIpc) is 2.73. The Morgan fingerprint density at radius 3 is 0.824 bits per heavy atom. The summed E-state index contributed by atoms with van der Waals surface area (Å²) in [6.45, 7) is 0. The van der Waals surface area contributed by atoms with Crippen LogP contribution in [0.1, 0.15) is 0 Å². The van der Waals surface area contributed by atoms with E-state index in [0.29, 0.717) is 36.4 Å². The van der Waals surface area contributed by atoms with Crippen LogP contribution in [0.4, 0.5) is 26.3 Å². The van der Waals surface area contributed by atoms with Crippen LogP contribution >= 0.6 is 0 Å². The van der Waals surface area contributed by atoms with Gasteiger partial charge in [-0.15, -0.1) is 0 Å². The highest BCUT2D eigenvalue weighted by Crippen LogP contribution is 2.31. The highest BCUT2D eigenvalue weighted by Gasteiger charge is 2.33. The lowest BCUT2D eigenvalue weighted by molar-refractivity contribution is 0.297. The maximum atomic E-state index is 14.0. The fraction of sp³-hybridized carbons (Fsp3) is 0.143. The van der Waals surface area contributed by atoms with Gasteiger partial charge in [-0.25, -0.2) is 26.3 Å². The monoisotopic (exact) mass is 488 g/mol. The first-order valence-electron chi connectivity index (χ1n) is 9.25. The van der Waals surface area contributed by atoms with E-state index in [9.17, 15) is 26.3 Å². The fourth-order valence-electron chi connectivity index (χ4n) is 2.80. The second-order valence-corrected chi connectivity index (χ2v) is 6.40.